The van der Waals surface area contributed by atoms with Gasteiger partial charge in [-0.25, -0.2) is 0 Å². The molecule has 0 saturated carbocycles. The SMILES string of the molecule is CC(Cn1cc(Br)cn1)NCCCC(C)(C)CO. The van der Waals surface area contributed by atoms with Gasteiger partial charge in [0.25, 0.3) is 0 Å². The zero-order valence-corrected chi connectivity index (χ0v) is 13.1. The summed E-state index contributed by atoms with van der Waals surface area (Å²) >= 11 is 3.39. The van der Waals surface area contributed by atoms with Crippen molar-refractivity contribution in [2.75, 3.05) is 13.2 Å². The van der Waals surface area contributed by atoms with Gasteiger partial charge in [-0.3, -0.25) is 4.68 Å². The number of nitrogens with zero attached hydrogens (tertiary/aromatic N) is 2. The minimum atomic E-state index is 0.0395. The van der Waals surface area contributed by atoms with Crippen LogP contribution < -0.4 is 5.32 Å². The predicted molar refractivity (Wildman–Crippen MR) is 77.5 cm³/mol. The zero-order valence-electron chi connectivity index (χ0n) is 11.5. The Balaban J connectivity index is 2.16. The number of halogens is 1. The molecule has 0 saturated heterocycles. The first-order valence-electron chi connectivity index (χ1n) is 6.45. The predicted octanol–water partition coefficient (Wildman–Crippen LogP) is 2.42. The summed E-state index contributed by atoms with van der Waals surface area (Å²) < 4.78 is 2.94. The summed E-state index contributed by atoms with van der Waals surface area (Å²) in [6.07, 6.45) is 5.90. The molecule has 0 aliphatic carbocycles. The van der Waals surface area contributed by atoms with Gasteiger partial charge in [-0.05, 0) is 47.7 Å². The van der Waals surface area contributed by atoms with Crippen molar-refractivity contribution in [2.45, 2.75) is 46.2 Å². The van der Waals surface area contributed by atoms with Crippen LogP contribution in [-0.4, -0.2) is 34.1 Å². The standard InChI is InChI=1S/C13H24BrN3O/c1-11(8-17-9-12(14)7-16-17)15-6-4-5-13(2,3)10-18/h7,9,11,15,18H,4-6,8,10H2,1-3H3. The fourth-order valence-electron chi connectivity index (χ4n) is 1.78. The first kappa shape index (κ1) is 15.7. The lowest BCUT2D eigenvalue weighted by molar-refractivity contribution is 0.147. The highest BCUT2D eigenvalue weighted by Gasteiger charge is 2.15. The van der Waals surface area contributed by atoms with E-state index in [4.69, 9.17) is 5.11 Å². The molecule has 1 aromatic rings. The van der Waals surface area contributed by atoms with Crippen LogP contribution in [0.15, 0.2) is 16.9 Å². The van der Waals surface area contributed by atoms with Crippen molar-refractivity contribution in [1.82, 2.24) is 15.1 Å². The number of nitrogens with one attached hydrogen (secondary N) is 1. The van der Waals surface area contributed by atoms with Crippen molar-refractivity contribution < 1.29 is 5.11 Å². The molecule has 0 aliphatic rings. The maximum Gasteiger partial charge on any atom is 0.0632 e. The number of aliphatic hydroxyl groups is 1. The fourth-order valence-corrected chi connectivity index (χ4v) is 2.11. The second kappa shape index (κ2) is 7.26. The molecule has 0 radical (unpaired) electrons. The molecule has 0 aromatic carbocycles. The smallest absolute Gasteiger partial charge is 0.0632 e. The Morgan fingerprint density at radius 1 is 1.56 bits per heavy atom. The number of aromatic nitrogens is 2. The Labute approximate surface area is 118 Å². The molecular weight excluding hydrogens is 294 g/mol. The number of rotatable bonds is 8. The van der Waals surface area contributed by atoms with E-state index in [1.165, 1.54) is 0 Å². The maximum absolute atomic E-state index is 9.16. The van der Waals surface area contributed by atoms with Gasteiger partial charge >= 0.3 is 0 Å². The molecule has 0 aliphatic heterocycles. The van der Waals surface area contributed by atoms with Crippen LogP contribution in [0.4, 0.5) is 0 Å². The van der Waals surface area contributed by atoms with Gasteiger partial charge in [0.1, 0.15) is 0 Å². The molecule has 2 N–H and O–H groups in total. The number of aliphatic hydroxyl groups excluding tert-OH is 1. The lowest BCUT2D eigenvalue weighted by Crippen LogP contribution is -2.32. The third-order valence-electron chi connectivity index (χ3n) is 3.01. The largest absolute Gasteiger partial charge is 0.396 e. The van der Waals surface area contributed by atoms with E-state index in [2.05, 4.69) is 47.1 Å². The normalized spacial score (nSPS) is 13.8. The average Bonchev–Trinajstić information content (AvgIpc) is 2.70. The van der Waals surface area contributed by atoms with E-state index in [1.807, 2.05) is 10.9 Å². The topological polar surface area (TPSA) is 50.1 Å². The molecule has 0 spiro atoms. The van der Waals surface area contributed by atoms with Crippen molar-refractivity contribution in [3.63, 3.8) is 0 Å². The van der Waals surface area contributed by atoms with Gasteiger partial charge in [0.2, 0.25) is 0 Å². The molecule has 1 heterocycles. The van der Waals surface area contributed by atoms with Gasteiger partial charge in [-0.1, -0.05) is 13.8 Å². The van der Waals surface area contributed by atoms with Crippen molar-refractivity contribution in [2.24, 2.45) is 5.41 Å². The Morgan fingerprint density at radius 2 is 2.28 bits per heavy atom. The van der Waals surface area contributed by atoms with E-state index in [0.29, 0.717) is 6.04 Å². The maximum atomic E-state index is 9.16. The summed E-state index contributed by atoms with van der Waals surface area (Å²) in [5.74, 6) is 0. The molecule has 104 valence electrons. The van der Waals surface area contributed by atoms with Crippen molar-refractivity contribution in [3.05, 3.63) is 16.9 Å². The van der Waals surface area contributed by atoms with Crippen LogP contribution in [0.25, 0.3) is 0 Å². The van der Waals surface area contributed by atoms with Crippen molar-refractivity contribution in [1.29, 1.82) is 0 Å². The summed E-state index contributed by atoms with van der Waals surface area (Å²) in [6, 6.07) is 0.397. The minimum Gasteiger partial charge on any atom is -0.396 e. The molecule has 0 amide bonds. The van der Waals surface area contributed by atoms with E-state index in [9.17, 15) is 0 Å². The third-order valence-corrected chi connectivity index (χ3v) is 3.42. The molecule has 1 atom stereocenters. The molecule has 0 fully saturated rings. The summed E-state index contributed by atoms with van der Waals surface area (Å²) in [4.78, 5) is 0. The second-order valence-electron chi connectivity index (χ2n) is 5.66. The highest BCUT2D eigenvalue weighted by Crippen LogP contribution is 2.20. The molecular formula is C13H24BrN3O. The van der Waals surface area contributed by atoms with Gasteiger partial charge < -0.3 is 10.4 Å². The molecule has 18 heavy (non-hydrogen) atoms. The second-order valence-corrected chi connectivity index (χ2v) is 6.58. The van der Waals surface area contributed by atoms with Crippen LogP contribution in [0, 0.1) is 5.41 Å². The van der Waals surface area contributed by atoms with E-state index in [-0.39, 0.29) is 12.0 Å². The Bertz CT molecular complexity index is 352. The van der Waals surface area contributed by atoms with Crippen LogP contribution in [-0.2, 0) is 6.54 Å². The first-order valence-corrected chi connectivity index (χ1v) is 7.24. The molecule has 1 aromatic heterocycles. The molecule has 0 bridgehead atoms. The van der Waals surface area contributed by atoms with Gasteiger partial charge in [-0.2, -0.15) is 5.10 Å². The van der Waals surface area contributed by atoms with Crippen LogP contribution in [0.1, 0.15) is 33.6 Å². The molecule has 5 heteroatoms. The van der Waals surface area contributed by atoms with Crippen molar-refractivity contribution >= 4 is 15.9 Å². The van der Waals surface area contributed by atoms with Gasteiger partial charge in [0.05, 0.1) is 17.2 Å². The van der Waals surface area contributed by atoms with Crippen LogP contribution >= 0.6 is 15.9 Å². The summed E-state index contributed by atoms with van der Waals surface area (Å²) in [6.45, 7) is 8.45. The average molecular weight is 318 g/mol. The molecule has 1 rings (SSSR count). The summed E-state index contributed by atoms with van der Waals surface area (Å²) in [5.41, 5.74) is 0.0395. The van der Waals surface area contributed by atoms with Crippen LogP contribution in [0.2, 0.25) is 0 Å². The lowest BCUT2D eigenvalue weighted by Gasteiger charge is -2.22. The fraction of sp³-hybridized carbons (Fsp3) is 0.769. The van der Waals surface area contributed by atoms with E-state index < -0.39 is 0 Å². The van der Waals surface area contributed by atoms with Crippen LogP contribution in [0.5, 0.6) is 0 Å². The van der Waals surface area contributed by atoms with E-state index in [0.717, 1.165) is 30.4 Å². The Morgan fingerprint density at radius 3 is 2.83 bits per heavy atom. The van der Waals surface area contributed by atoms with Gasteiger partial charge in [0, 0.05) is 18.8 Å². The summed E-state index contributed by atoms with van der Waals surface area (Å²) in [5, 5.41) is 16.9. The summed E-state index contributed by atoms with van der Waals surface area (Å²) in [7, 11) is 0. The quantitative estimate of drug-likeness (QED) is 0.724. The van der Waals surface area contributed by atoms with E-state index >= 15 is 0 Å². The highest BCUT2D eigenvalue weighted by molar-refractivity contribution is 9.10. The minimum absolute atomic E-state index is 0.0395. The molecule has 4 nitrogen and oxygen atoms in total. The zero-order chi connectivity index (χ0) is 13.6. The Hall–Kier alpha value is -0.390. The van der Waals surface area contributed by atoms with E-state index in [1.54, 1.807) is 6.20 Å². The third kappa shape index (κ3) is 5.98. The first-order chi connectivity index (χ1) is 8.43. The monoisotopic (exact) mass is 317 g/mol. The van der Waals surface area contributed by atoms with Crippen molar-refractivity contribution in [3.8, 4) is 0 Å². The van der Waals surface area contributed by atoms with Gasteiger partial charge in [-0.15, -0.1) is 0 Å². The molecule has 1 unspecified atom stereocenters. The number of hydrogen-bond acceptors (Lipinski definition) is 3. The van der Waals surface area contributed by atoms with Gasteiger partial charge in [0.15, 0.2) is 0 Å². The number of hydrogen-bond donors (Lipinski definition) is 2. The lowest BCUT2D eigenvalue weighted by atomic mass is 9.89. The Kier molecular flexibility index (Phi) is 6.32. The highest BCUT2D eigenvalue weighted by atomic mass is 79.9. The van der Waals surface area contributed by atoms with Crippen LogP contribution in [0.3, 0.4) is 0 Å².